The number of nitrogens with one attached hydrogen (secondary N) is 1. The van der Waals surface area contributed by atoms with Crippen LogP contribution in [0.4, 0.5) is 0 Å². The maximum Gasteiger partial charge on any atom is 0.260 e. The van der Waals surface area contributed by atoms with Gasteiger partial charge in [-0.3, -0.25) is 9.69 Å². The molecule has 0 aromatic heterocycles. The van der Waals surface area contributed by atoms with Crippen molar-refractivity contribution in [2.24, 2.45) is 5.92 Å². The molecule has 9 heteroatoms. The lowest BCUT2D eigenvalue weighted by Gasteiger charge is -2.56. The lowest BCUT2D eigenvalue weighted by Crippen LogP contribution is -2.74. The molecule has 1 amide bonds. The quantitative estimate of drug-likeness (QED) is 0.215. The van der Waals surface area contributed by atoms with Crippen molar-refractivity contribution in [1.82, 2.24) is 10.2 Å². The standard InChI is InChI=1S/C33H40N2O5SSi/c1-32(2,3)42(5,6)39-21-27-29-26-14-10-11-15-28(26)40-33(27,22-38-20-23-16-18-25(37-4)19-17-23)34-31(41)35(29)30(36)24-12-8-7-9-13-24/h7-19,27,29H,20-22H2,1-6H3,(H,34,41)/t27-,29-,33+/m1/s1. The van der Waals surface area contributed by atoms with Crippen molar-refractivity contribution in [1.29, 1.82) is 0 Å². The van der Waals surface area contributed by atoms with Crippen molar-refractivity contribution in [3.8, 4) is 11.5 Å². The summed E-state index contributed by atoms with van der Waals surface area (Å²) in [7, 11) is -0.509. The van der Waals surface area contributed by atoms with Gasteiger partial charge in [-0.1, -0.05) is 69.3 Å². The van der Waals surface area contributed by atoms with Gasteiger partial charge in [0.05, 0.1) is 25.7 Å². The van der Waals surface area contributed by atoms with Gasteiger partial charge in [0.15, 0.2) is 13.4 Å². The second-order valence-corrected chi connectivity index (χ2v) is 17.7. The number of fused-ring (bicyclic) bond motifs is 4. The van der Waals surface area contributed by atoms with Crippen LogP contribution in [0.3, 0.4) is 0 Å². The minimum Gasteiger partial charge on any atom is -0.497 e. The van der Waals surface area contributed by atoms with Crippen molar-refractivity contribution >= 4 is 31.6 Å². The zero-order valence-corrected chi connectivity index (χ0v) is 27.0. The Labute approximate surface area is 255 Å². The number of ether oxygens (including phenoxy) is 3. The van der Waals surface area contributed by atoms with Crippen LogP contribution in [-0.2, 0) is 15.8 Å². The minimum atomic E-state index is -2.16. The molecule has 222 valence electrons. The molecule has 1 N–H and O–H groups in total. The zero-order chi connectivity index (χ0) is 30.1. The summed E-state index contributed by atoms with van der Waals surface area (Å²) in [6.45, 7) is 12.1. The van der Waals surface area contributed by atoms with E-state index in [1.165, 1.54) is 0 Å². The largest absolute Gasteiger partial charge is 0.497 e. The van der Waals surface area contributed by atoms with E-state index >= 15 is 0 Å². The average Bonchev–Trinajstić information content (AvgIpc) is 2.96. The van der Waals surface area contributed by atoms with E-state index in [9.17, 15) is 4.79 Å². The summed E-state index contributed by atoms with van der Waals surface area (Å²) in [6, 6.07) is 24.5. The van der Waals surface area contributed by atoms with Gasteiger partial charge in [-0.25, -0.2) is 0 Å². The Morgan fingerprint density at radius 3 is 2.36 bits per heavy atom. The smallest absolute Gasteiger partial charge is 0.260 e. The number of thiocarbonyl (C=S) groups is 1. The number of carbonyl (C=O) groups excluding carboxylic acids is 1. The molecule has 5 rings (SSSR count). The van der Waals surface area contributed by atoms with Crippen molar-refractivity contribution in [2.75, 3.05) is 20.3 Å². The molecule has 42 heavy (non-hydrogen) atoms. The molecule has 3 aromatic rings. The molecule has 2 bridgehead atoms. The van der Waals surface area contributed by atoms with E-state index in [0.717, 1.165) is 16.9 Å². The monoisotopic (exact) mass is 604 g/mol. The second-order valence-electron chi connectivity index (χ2n) is 12.5. The fraction of sp³-hybridized carbons (Fsp3) is 0.394. The maximum absolute atomic E-state index is 14.1. The third kappa shape index (κ3) is 5.83. The summed E-state index contributed by atoms with van der Waals surface area (Å²) in [4.78, 5) is 15.8. The lowest BCUT2D eigenvalue weighted by atomic mass is 9.79. The first kappa shape index (κ1) is 30.2. The summed E-state index contributed by atoms with van der Waals surface area (Å²) in [5.41, 5.74) is 1.43. The number of benzene rings is 3. The molecule has 2 aliphatic rings. The third-order valence-corrected chi connectivity index (χ3v) is 13.5. The fourth-order valence-electron chi connectivity index (χ4n) is 5.26. The molecule has 2 aliphatic heterocycles. The van der Waals surface area contributed by atoms with Crippen molar-refractivity contribution in [3.05, 3.63) is 95.6 Å². The van der Waals surface area contributed by atoms with Crippen molar-refractivity contribution < 1.29 is 23.4 Å². The normalized spacial score (nSPS) is 21.7. The fourth-order valence-corrected chi connectivity index (χ4v) is 6.66. The zero-order valence-electron chi connectivity index (χ0n) is 25.2. The Hall–Kier alpha value is -3.24. The highest BCUT2D eigenvalue weighted by molar-refractivity contribution is 7.80. The van der Waals surface area contributed by atoms with Crippen LogP contribution in [0, 0.1) is 5.92 Å². The van der Waals surface area contributed by atoms with E-state index < -0.39 is 20.1 Å². The number of para-hydroxylation sites is 1. The van der Waals surface area contributed by atoms with Gasteiger partial charge < -0.3 is 24.0 Å². The molecular formula is C33H40N2O5SSi. The SMILES string of the molecule is COc1ccc(COC[C@]23NC(=S)N(C(=O)c4ccccc4)[C@H](c4ccccc4O2)[C@H]3CO[Si](C)(C)C(C)(C)C)cc1. The summed E-state index contributed by atoms with van der Waals surface area (Å²) < 4.78 is 25.3. The highest BCUT2D eigenvalue weighted by Crippen LogP contribution is 2.50. The van der Waals surface area contributed by atoms with Gasteiger partial charge in [-0.2, -0.15) is 0 Å². The third-order valence-electron chi connectivity index (χ3n) is 8.74. The topological polar surface area (TPSA) is 69.3 Å². The Morgan fingerprint density at radius 1 is 1.02 bits per heavy atom. The first-order valence-corrected chi connectivity index (χ1v) is 17.6. The van der Waals surface area contributed by atoms with Crippen LogP contribution < -0.4 is 14.8 Å². The molecule has 0 radical (unpaired) electrons. The number of nitrogens with zero attached hydrogens (tertiary/aromatic N) is 1. The highest BCUT2D eigenvalue weighted by Gasteiger charge is 2.59. The van der Waals surface area contributed by atoms with Crippen LogP contribution in [0.25, 0.3) is 0 Å². The van der Waals surface area contributed by atoms with Gasteiger partial charge in [0.2, 0.25) is 5.72 Å². The highest BCUT2D eigenvalue weighted by atomic mass is 32.1. The number of rotatable bonds is 9. The van der Waals surface area contributed by atoms with Crippen LogP contribution in [-0.4, -0.2) is 50.3 Å². The van der Waals surface area contributed by atoms with E-state index in [4.69, 9.17) is 30.9 Å². The first-order chi connectivity index (χ1) is 20.0. The molecule has 2 heterocycles. The van der Waals surface area contributed by atoms with Gasteiger partial charge in [0.25, 0.3) is 5.91 Å². The average molecular weight is 605 g/mol. The molecule has 3 atom stereocenters. The maximum atomic E-state index is 14.1. The van der Waals surface area contributed by atoms with Crippen LogP contribution in [0.2, 0.25) is 18.1 Å². The van der Waals surface area contributed by atoms with Gasteiger partial charge in [-0.15, -0.1) is 0 Å². The van der Waals surface area contributed by atoms with Gasteiger partial charge in [0, 0.05) is 17.7 Å². The Morgan fingerprint density at radius 2 is 1.69 bits per heavy atom. The summed E-state index contributed by atoms with van der Waals surface area (Å²) in [6.07, 6.45) is 0. The summed E-state index contributed by atoms with van der Waals surface area (Å²) >= 11 is 5.91. The van der Waals surface area contributed by atoms with Crippen molar-refractivity contribution in [2.45, 2.75) is 57.3 Å². The van der Waals surface area contributed by atoms with E-state index in [1.54, 1.807) is 12.0 Å². The predicted molar refractivity (Wildman–Crippen MR) is 170 cm³/mol. The molecule has 1 saturated heterocycles. The molecule has 3 aromatic carbocycles. The van der Waals surface area contributed by atoms with Crippen molar-refractivity contribution in [3.63, 3.8) is 0 Å². The number of amides is 1. The Balaban J connectivity index is 1.53. The minimum absolute atomic E-state index is 0.00977. The van der Waals surface area contributed by atoms with Gasteiger partial charge in [-0.05, 0) is 66.2 Å². The van der Waals surface area contributed by atoms with Crippen LogP contribution in [0.1, 0.15) is 48.3 Å². The number of hydrogen-bond acceptors (Lipinski definition) is 6. The molecule has 0 unspecified atom stereocenters. The number of hydrogen-bond donors (Lipinski definition) is 1. The van der Waals surface area contributed by atoms with E-state index in [2.05, 4.69) is 39.2 Å². The summed E-state index contributed by atoms with van der Waals surface area (Å²) in [5.74, 6) is 1.01. The Kier molecular flexibility index (Phi) is 8.49. The molecule has 7 nitrogen and oxygen atoms in total. The van der Waals surface area contributed by atoms with Crippen LogP contribution in [0.5, 0.6) is 11.5 Å². The summed E-state index contributed by atoms with van der Waals surface area (Å²) in [5, 5.41) is 3.75. The lowest BCUT2D eigenvalue weighted by molar-refractivity contribution is -0.132. The second kappa shape index (κ2) is 11.8. The first-order valence-electron chi connectivity index (χ1n) is 14.3. The predicted octanol–water partition coefficient (Wildman–Crippen LogP) is 6.71. The molecular weight excluding hydrogens is 565 g/mol. The van der Waals surface area contributed by atoms with Crippen LogP contribution in [0.15, 0.2) is 78.9 Å². The van der Waals surface area contributed by atoms with Crippen LogP contribution >= 0.6 is 12.2 Å². The van der Waals surface area contributed by atoms with Gasteiger partial charge in [0.1, 0.15) is 18.1 Å². The van der Waals surface area contributed by atoms with E-state index in [0.29, 0.717) is 29.6 Å². The molecule has 1 fully saturated rings. The molecule has 0 aliphatic carbocycles. The van der Waals surface area contributed by atoms with E-state index in [1.807, 2.05) is 78.9 Å². The Bertz CT molecular complexity index is 1430. The molecule has 0 saturated carbocycles. The number of methoxy groups -OCH3 is 1. The molecule has 0 spiro atoms. The van der Waals surface area contributed by atoms with Gasteiger partial charge >= 0.3 is 0 Å². The van der Waals surface area contributed by atoms with E-state index in [-0.39, 0.29) is 23.5 Å². The number of carbonyl (C=O) groups is 1.